The van der Waals surface area contributed by atoms with Crippen molar-refractivity contribution in [2.24, 2.45) is 0 Å². The van der Waals surface area contributed by atoms with E-state index in [9.17, 15) is 0 Å². The van der Waals surface area contributed by atoms with Crippen molar-refractivity contribution in [3.8, 4) is 0 Å². The first-order valence-corrected chi connectivity index (χ1v) is 6.08. The maximum atomic E-state index is 9.12. The summed E-state index contributed by atoms with van der Waals surface area (Å²) in [6.45, 7) is 2.17. The third-order valence-electron chi connectivity index (χ3n) is 2.20. The predicted molar refractivity (Wildman–Crippen MR) is 66.1 cm³/mol. The highest BCUT2D eigenvalue weighted by atomic mass is 32.2. The second kappa shape index (κ2) is 5.82. The van der Waals surface area contributed by atoms with Gasteiger partial charge in [-0.3, -0.25) is 0 Å². The monoisotopic (exact) mass is 227 g/mol. The number of thioether (sulfide) groups is 1. The van der Waals surface area contributed by atoms with Gasteiger partial charge in [0.05, 0.1) is 6.61 Å². The number of nitrogens with one attached hydrogen (secondary N) is 1. The van der Waals surface area contributed by atoms with Crippen LogP contribution in [-0.4, -0.2) is 34.2 Å². The van der Waals surface area contributed by atoms with Gasteiger partial charge in [0.1, 0.15) is 5.82 Å². The smallest absolute Gasteiger partial charge is 0.128 e. The Hall–Kier alpha value is -0.940. The van der Waals surface area contributed by atoms with Crippen LogP contribution in [0.15, 0.2) is 18.3 Å². The fourth-order valence-electron chi connectivity index (χ4n) is 1.29. The van der Waals surface area contributed by atoms with E-state index in [1.54, 1.807) is 30.1 Å². The van der Waals surface area contributed by atoms with Gasteiger partial charge in [0, 0.05) is 29.2 Å². The van der Waals surface area contributed by atoms with E-state index >= 15 is 0 Å². The Morgan fingerprint density at radius 2 is 2.40 bits per heavy atom. The fourth-order valence-corrected chi connectivity index (χ4v) is 1.91. The Labute approximate surface area is 94.3 Å². The summed E-state index contributed by atoms with van der Waals surface area (Å²) in [6, 6.07) is 3.68. The number of anilines is 2. The molecule has 0 saturated carbocycles. The zero-order valence-electron chi connectivity index (χ0n) is 8.97. The summed E-state index contributed by atoms with van der Waals surface area (Å²) >= 11 is 1.63. The molecule has 84 valence electrons. The first-order chi connectivity index (χ1) is 7.17. The molecule has 1 rings (SSSR count). The molecule has 1 aromatic heterocycles. The molecule has 5 heteroatoms. The number of aliphatic hydroxyl groups excluding tert-OH is 1. The molecule has 0 aliphatic carbocycles. The van der Waals surface area contributed by atoms with Crippen molar-refractivity contribution in [1.82, 2.24) is 4.98 Å². The summed E-state index contributed by atoms with van der Waals surface area (Å²) < 4.78 is 0. The Morgan fingerprint density at radius 1 is 1.67 bits per heavy atom. The molecule has 15 heavy (non-hydrogen) atoms. The third-order valence-corrected chi connectivity index (χ3v) is 3.36. The van der Waals surface area contributed by atoms with E-state index in [0.717, 1.165) is 5.82 Å². The molecule has 0 aliphatic heterocycles. The first kappa shape index (κ1) is 12.1. The molecule has 0 saturated heterocycles. The Bertz CT molecular complexity index is 304. The summed E-state index contributed by atoms with van der Waals surface area (Å²) in [5.74, 6) is 0.745. The lowest BCUT2D eigenvalue weighted by molar-refractivity contribution is 0.288. The van der Waals surface area contributed by atoms with E-state index in [4.69, 9.17) is 10.8 Å². The number of nitrogens with zero attached hydrogens (tertiary/aromatic N) is 1. The second-order valence-electron chi connectivity index (χ2n) is 3.36. The van der Waals surface area contributed by atoms with Gasteiger partial charge in [-0.2, -0.15) is 11.8 Å². The van der Waals surface area contributed by atoms with Crippen molar-refractivity contribution in [2.45, 2.75) is 18.2 Å². The normalized spacial score (nSPS) is 14.6. The summed E-state index contributed by atoms with van der Waals surface area (Å²) in [5, 5.41) is 12.5. The molecule has 4 nitrogen and oxygen atoms in total. The van der Waals surface area contributed by atoms with Crippen molar-refractivity contribution >= 4 is 23.3 Å². The van der Waals surface area contributed by atoms with E-state index in [1.165, 1.54) is 0 Å². The lowest BCUT2D eigenvalue weighted by Crippen LogP contribution is -2.31. The molecule has 4 N–H and O–H groups in total. The van der Waals surface area contributed by atoms with Gasteiger partial charge in [0.15, 0.2) is 0 Å². The Morgan fingerprint density at radius 3 is 2.93 bits per heavy atom. The molecule has 0 spiro atoms. The van der Waals surface area contributed by atoms with Crippen LogP contribution in [0.5, 0.6) is 0 Å². The molecule has 0 bridgehead atoms. The number of nitrogens with two attached hydrogens (primary N) is 1. The standard InChI is InChI=1S/C10H17N3OS/c1-7(9(6-14)15-2)13-10-5-8(11)3-4-12-10/h3-5,7,9,14H,6H2,1-2H3,(H3,11,12,13). The largest absolute Gasteiger partial charge is 0.399 e. The van der Waals surface area contributed by atoms with Crippen LogP contribution in [0.2, 0.25) is 0 Å². The van der Waals surface area contributed by atoms with Crippen molar-refractivity contribution in [2.75, 3.05) is 23.9 Å². The highest BCUT2D eigenvalue weighted by Crippen LogP contribution is 2.15. The van der Waals surface area contributed by atoms with E-state index in [0.29, 0.717) is 5.69 Å². The molecule has 0 radical (unpaired) electrons. The number of hydrogen-bond donors (Lipinski definition) is 3. The van der Waals surface area contributed by atoms with Gasteiger partial charge >= 0.3 is 0 Å². The van der Waals surface area contributed by atoms with Crippen LogP contribution in [0.25, 0.3) is 0 Å². The maximum absolute atomic E-state index is 9.12. The molecule has 0 amide bonds. The van der Waals surface area contributed by atoms with Crippen LogP contribution in [0.3, 0.4) is 0 Å². The van der Waals surface area contributed by atoms with Gasteiger partial charge < -0.3 is 16.2 Å². The number of aromatic nitrogens is 1. The minimum Gasteiger partial charge on any atom is -0.399 e. The van der Waals surface area contributed by atoms with Crippen LogP contribution < -0.4 is 11.1 Å². The molecule has 0 aromatic carbocycles. The molecule has 2 atom stereocenters. The number of rotatable bonds is 5. The summed E-state index contributed by atoms with van der Waals surface area (Å²) in [6.07, 6.45) is 3.64. The maximum Gasteiger partial charge on any atom is 0.128 e. The van der Waals surface area contributed by atoms with Gasteiger partial charge in [-0.15, -0.1) is 0 Å². The zero-order chi connectivity index (χ0) is 11.3. The zero-order valence-corrected chi connectivity index (χ0v) is 9.79. The predicted octanol–water partition coefficient (Wildman–Crippen LogP) is 1.19. The van der Waals surface area contributed by atoms with E-state index < -0.39 is 0 Å². The van der Waals surface area contributed by atoms with Gasteiger partial charge in [-0.1, -0.05) is 0 Å². The summed E-state index contributed by atoms with van der Waals surface area (Å²) in [7, 11) is 0. The van der Waals surface area contributed by atoms with E-state index in [1.807, 2.05) is 13.2 Å². The Balaban J connectivity index is 2.61. The van der Waals surface area contributed by atoms with Gasteiger partial charge in [0.25, 0.3) is 0 Å². The second-order valence-corrected chi connectivity index (χ2v) is 4.44. The van der Waals surface area contributed by atoms with Crippen molar-refractivity contribution in [3.05, 3.63) is 18.3 Å². The van der Waals surface area contributed by atoms with Gasteiger partial charge in [0.2, 0.25) is 0 Å². The summed E-state index contributed by atoms with van der Waals surface area (Å²) in [4.78, 5) is 4.15. The molecule has 0 aliphatic rings. The average molecular weight is 227 g/mol. The van der Waals surface area contributed by atoms with Crippen LogP contribution in [0, 0.1) is 0 Å². The van der Waals surface area contributed by atoms with Crippen molar-refractivity contribution in [3.63, 3.8) is 0 Å². The number of aliphatic hydroxyl groups is 1. The average Bonchev–Trinajstić information content (AvgIpc) is 2.19. The molecular formula is C10H17N3OS. The fraction of sp³-hybridized carbons (Fsp3) is 0.500. The number of pyridine rings is 1. The number of nitrogen functional groups attached to an aromatic ring is 1. The topological polar surface area (TPSA) is 71.2 Å². The van der Waals surface area contributed by atoms with Crippen LogP contribution in [-0.2, 0) is 0 Å². The molecular weight excluding hydrogens is 210 g/mol. The SMILES string of the molecule is CSC(CO)C(C)Nc1cc(N)ccn1. The first-order valence-electron chi connectivity index (χ1n) is 4.79. The highest BCUT2D eigenvalue weighted by molar-refractivity contribution is 7.99. The Kier molecular flexibility index (Phi) is 4.71. The molecule has 1 heterocycles. The van der Waals surface area contributed by atoms with Crippen LogP contribution >= 0.6 is 11.8 Å². The third kappa shape index (κ3) is 3.60. The van der Waals surface area contributed by atoms with E-state index in [2.05, 4.69) is 10.3 Å². The van der Waals surface area contributed by atoms with E-state index in [-0.39, 0.29) is 17.9 Å². The van der Waals surface area contributed by atoms with Crippen LogP contribution in [0.4, 0.5) is 11.5 Å². The lowest BCUT2D eigenvalue weighted by Gasteiger charge is -2.21. The molecule has 2 unspecified atom stereocenters. The molecule has 1 aromatic rings. The van der Waals surface area contributed by atoms with Crippen molar-refractivity contribution < 1.29 is 5.11 Å². The van der Waals surface area contributed by atoms with Crippen LogP contribution in [0.1, 0.15) is 6.92 Å². The van der Waals surface area contributed by atoms with Gasteiger partial charge in [-0.25, -0.2) is 4.98 Å². The lowest BCUT2D eigenvalue weighted by atomic mass is 10.2. The van der Waals surface area contributed by atoms with Crippen molar-refractivity contribution in [1.29, 1.82) is 0 Å². The summed E-state index contributed by atoms with van der Waals surface area (Å²) in [5.41, 5.74) is 6.33. The minimum absolute atomic E-state index is 0.150. The van der Waals surface area contributed by atoms with Gasteiger partial charge in [-0.05, 0) is 19.2 Å². The number of hydrogen-bond acceptors (Lipinski definition) is 5. The molecule has 0 fully saturated rings. The minimum atomic E-state index is 0.150. The quantitative estimate of drug-likeness (QED) is 0.705. The highest BCUT2D eigenvalue weighted by Gasteiger charge is 2.15.